The van der Waals surface area contributed by atoms with Gasteiger partial charge in [0.2, 0.25) is 0 Å². The average molecular weight is 1320 g/mol. The van der Waals surface area contributed by atoms with Crippen LogP contribution >= 0.6 is 0 Å². The van der Waals surface area contributed by atoms with E-state index in [0.717, 1.165) is 67.6 Å². The Morgan fingerprint density at radius 1 is 0.221 bits per heavy atom. The molecule has 0 spiro atoms. The number of hydrogen-bond donors (Lipinski definition) is 0. The third-order valence-corrected chi connectivity index (χ3v) is 22.2. The number of hydrogen-bond acceptors (Lipinski definition) is 3. The first-order chi connectivity index (χ1) is 51.2. The molecule has 0 saturated carbocycles. The van der Waals surface area contributed by atoms with E-state index < -0.39 is 0 Å². The summed E-state index contributed by atoms with van der Waals surface area (Å²) in [6.07, 6.45) is 0. The highest BCUT2D eigenvalue weighted by Gasteiger charge is 2.31. The van der Waals surface area contributed by atoms with Crippen molar-refractivity contribution in [2.24, 2.45) is 0 Å². The lowest BCUT2D eigenvalue weighted by molar-refractivity contribution is 1.08. The maximum atomic E-state index is 5.37. The largest absolute Gasteiger partial charge is 0.311 e. The summed E-state index contributed by atoms with van der Waals surface area (Å²) in [5, 5.41) is 23.3. The topological polar surface area (TPSA) is 48.7 Å². The molecule has 1 aliphatic rings. The normalized spacial score (nSPS) is 12.2. The van der Waals surface area contributed by atoms with Gasteiger partial charge in [0, 0.05) is 88.2 Å². The van der Waals surface area contributed by atoms with Crippen LogP contribution in [0.25, 0.3) is 197 Å². The average Bonchev–Trinajstić information content (AvgIpc) is 1.51. The van der Waals surface area contributed by atoms with Gasteiger partial charge in [-0.3, -0.25) is 4.57 Å². The molecule has 0 fully saturated rings. The van der Waals surface area contributed by atoms with Crippen molar-refractivity contribution in [3.05, 3.63) is 346 Å². The minimum Gasteiger partial charge on any atom is -0.311 e. The van der Waals surface area contributed by atoms with Gasteiger partial charge < -0.3 is 18.6 Å². The molecule has 104 heavy (non-hydrogen) atoms. The monoisotopic (exact) mass is 1320 g/mol. The van der Waals surface area contributed by atoms with Crippen molar-refractivity contribution in [1.29, 1.82) is 0 Å². The van der Waals surface area contributed by atoms with Crippen LogP contribution in [0.3, 0.4) is 0 Å². The Balaban J connectivity index is 0.000000131. The molecule has 18 aromatic carbocycles. The highest BCUT2D eigenvalue weighted by molar-refractivity contribution is 6.46. The van der Waals surface area contributed by atoms with E-state index in [9.17, 15) is 0 Å². The molecule has 24 rings (SSSR count). The van der Waals surface area contributed by atoms with E-state index >= 15 is 0 Å². The molecule has 0 saturated heterocycles. The van der Waals surface area contributed by atoms with Crippen molar-refractivity contribution in [2.75, 3.05) is 4.90 Å². The van der Waals surface area contributed by atoms with Crippen LogP contribution in [0.2, 0.25) is 0 Å². The van der Waals surface area contributed by atoms with Crippen molar-refractivity contribution < 1.29 is 0 Å². The zero-order chi connectivity index (χ0) is 67.1. The summed E-state index contributed by atoms with van der Waals surface area (Å²) >= 11 is 0. The van der Waals surface area contributed by atoms with Crippen LogP contribution in [0.1, 0.15) is 7.43 Å². The SMILES string of the molecule is C.c1ccc(-c2nc3ccccc3nc2-n2c3cccc4c5cccc6c5c5c(cccc5n6-c5ccccc5)c5cccc2c5c43)cc1.c1ccc(N(c2ccccc2)c2ccc(-n3c4cccc5c6cccc7c6c6c8c-7cccc8cc7c6c6c(c54)c3ccc6n7-c3ccccc3)cc2)cc1. The first kappa shape index (κ1) is 58.0. The van der Waals surface area contributed by atoms with E-state index in [2.05, 4.69) is 345 Å². The molecule has 7 nitrogen and oxygen atoms in total. The Morgan fingerprint density at radius 2 is 0.567 bits per heavy atom. The summed E-state index contributed by atoms with van der Waals surface area (Å²) in [7, 11) is 0. The van der Waals surface area contributed by atoms with Crippen molar-refractivity contribution in [2.45, 2.75) is 7.43 Å². The van der Waals surface area contributed by atoms with Gasteiger partial charge in [-0.15, -0.1) is 0 Å². The number of aromatic nitrogens is 6. The molecule has 1 aliphatic carbocycles. The van der Waals surface area contributed by atoms with Gasteiger partial charge in [0.15, 0.2) is 5.82 Å². The van der Waals surface area contributed by atoms with Crippen LogP contribution in [-0.2, 0) is 0 Å². The van der Waals surface area contributed by atoms with Crippen LogP contribution in [0, 0.1) is 0 Å². The van der Waals surface area contributed by atoms with Gasteiger partial charge in [-0.25, -0.2) is 9.97 Å². The van der Waals surface area contributed by atoms with E-state index in [1.807, 2.05) is 24.3 Å². The molecule has 0 aliphatic heterocycles. The second-order valence-electron chi connectivity index (χ2n) is 27.4. The molecule has 0 amide bonds. The number of fused-ring (bicyclic) bond motifs is 5. The van der Waals surface area contributed by atoms with Gasteiger partial charge in [0.05, 0.1) is 55.2 Å². The summed E-state index contributed by atoms with van der Waals surface area (Å²) in [6, 6.07) is 125. The maximum absolute atomic E-state index is 5.37. The van der Waals surface area contributed by atoms with Gasteiger partial charge in [-0.1, -0.05) is 220 Å². The summed E-state index contributed by atoms with van der Waals surface area (Å²) in [4.78, 5) is 12.9. The highest BCUT2D eigenvalue weighted by atomic mass is 15.1. The molecular formula is C97H61N7. The third-order valence-electron chi connectivity index (χ3n) is 22.2. The highest BCUT2D eigenvalue weighted by Crippen LogP contribution is 2.56. The second kappa shape index (κ2) is 22.1. The Kier molecular flexibility index (Phi) is 12.3. The van der Waals surface area contributed by atoms with E-state index in [4.69, 9.17) is 9.97 Å². The fraction of sp³-hybridized carbons (Fsp3) is 0.0103. The third kappa shape index (κ3) is 7.95. The standard InChI is InChI=1S/C52H31N3.C44H26N4.CH4/c1-4-14-33(15-5-1)53(34-16-6-2-7-17-34)36-25-27-37(28-26-36)54-42-24-12-23-41-40-22-11-21-39-38-20-10-13-32-31-45-51(52(46(32)38)47(39)40)50-44(30-29-43(54)49(50)48(41)42)55(45)35-18-8-3-9-19-35;1-3-13-27(14-4-1)43-44(46-34-22-8-7-21-33(34)45-43)48-37-25-11-19-31-29-17-9-23-35-39(29)40-30(32-20-12-26-38(48)42(32)41(31)37)18-10-24-36(40)47(35)28-15-5-2-6-16-28;/h1-31H;1-26H;1H4. The Bertz CT molecular complexity index is 7270. The van der Waals surface area contributed by atoms with Crippen molar-refractivity contribution >= 4 is 169 Å². The van der Waals surface area contributed by atoms with Crippen molar-refractivity contribution in [3.8, 4) is 45.3 Å². The van der Waals surface area contributed by atoms with Gasteiger partial charge in [0.25, 0.3) is 0 Å². The summed E-state index contributed by atoms with van der Waals surface area (Å²) in [5.41, 5.74) is 22.8. The molecule has 0 unspecified atom stereocenters. The van der Waals surface area contributed by atoms with Gasteiger partial charge in [-0.2, -0.15) is 0 Å². The van der Waals surface area contributed by atoms with E-state index in [-0.39, 0.29) is 7.43 Å². The summed E-state index contributed by atoms with van der Waals surface area (Å²) < 4.78 is 9.76. The number of anilines is 3. The molecule has 0 radical (unpaired) electrons. The Hall–Kier alpha value is -13.9. The molecule has 0 atom stereocenters. The fourth-order valence-corrected chi connectivity index (χ4v) is 18.2. The molecular weight excluding hydrogens is 1260 g/mol. The number of rotatable bonds is 8. The van der Waals surface area contributed by atoms with Crippen LogP contribution in [0.5, 0.6) is 0 Å². The Morgan fingerprint density at radius 3 is 1.07 bits per heavy atom. The molecule has 0 N–H and O–H groups in total. The van der Waals surface area contributed by atoms with Crippen LogP contribution in [-0.4, -0.2) is 28.2 Å². The van der Waals surface area contributed by atoms with E-state index in [1.165, 1.54) is 147 Å². The van der Waals surface area contributed by atoms with Gasteiger partial charge in [-0.05, 0) is 193 Å². The first-order valence-electron chi connectivity index (χ1n) is 35.4. The second-order valence-corrected chi connectivity index (χ2v) is 27.4. The zero-order valence-corrected chi connectivity index (χ0v) is 55.5. The smallest absolute Gasteiger partial charge is 0.165 e. The molecule has 484 valence electrons. The first-order valence-corrected chi connectivity index (χ1v) is 35.4. The molecule has 5 aromatic heterocycles. The summed E-state index contributed by atoms with van der Waals surface area (Å²) in [5.74, 6) is 0.832. The number of benzene rings is 16. The van der Waals surface area contributed by atoms with E-state index in [0.29, 0.717) is 0 Å². The van der Waals surface area contributed by atoms with Crippen LogP contribution in [0.4, 0.5) is 17.1 Å². The maximum Gasteiger partial charge on any atom is 0.165 e. The van der Waals surface area contributed by atoms with Gasteiger partial charge >= 0.3 is 0 Å². The van der Waals surface area contributed by atoms with E-state index in [1.54, 1.807) is 0 Å². The zero-order valence-electron chi connectivity index (χ0n) is 55.5. The van der Waals surface area contributed by atoms with Crippen LogP contribution < -0.4 is 4.90 Å². The minimum absolute atomic E-state index is 0. The molecule has 7 heteroatoms. The Labute approximate surface area is 597 Å². The lowest BCUT2D eigenvalue weighted by Crippen LogP contribution is -2.09. The lowest BCUT2D eigenvalue weighted by Gasteiger charge is -2.25. The van der Waals surface area contributed by atoms with Crippen molar-refractivity contribution in [1.82, 2.24) is 28.2 Å². The predicted octanol–water partition coefficient (Wildman–Crippen LogP) is 26.1. The van der Waals surface area contributed by atoms with Crippen molar-refractivity contribution in [3.63, 3.8) is 0 Å². The van der Waals surface area contributed by atoms with Gasteiger partial charge in [0.1, 0.15) is 5.69 Å². The fourth-order valence-electron chi connectivity index (χ4n) is 18.2. The quantitative estimate of drug-likeness (QED) is 0.152. The number of nitrogens with zero attached hydrogens (tertiary/aromatic N) is 7. The van der Waals surface area contributed by atoms with Crippen LogP contribution in [0.15, 0.2) is 346 Å². The minimum atomic E-state index is 0. The molecule has 0 bridgehead atoms. The molecule has 23 aromatic rings. The predicted molar refractivity (Wildman–Crippen MR) is 439 cm³/mol. The number of para-hydroxylation sites is 6. The molecule has 5 heterocycles. The summed E-state index contributed by atoms with van der Waals surface area (Å²) in [6.45, 7) is 0. The lowest BCUT2D eigenvalue weighted by atomic mass is 9.94.